The molecule has 0 unspecified atom stereocenters. The molecule has 0 fully saturated rings. The zero-order valence-electron chi connectivity index (χ0n) is 10.4. The number of carboxylic acids is 1. The van der Waals surface area contributed by atoms with Crippen LogP contribution < -0.4 is 4.74 Å². The zero-order chi connectivity index (χ0) is 13.8. The number of halogens is 1. The van der Waals surface area contributed by atoms with Gasteiger partial charge in [0, 0.05) is 0 Å². The molecule has 0 atom stereocenters. The molecule has 0 aliphatic rings. The Morgan fingerprint density at radius 2 is 1.89 bits per heavy atom. The molecule has 0 aliphatic heterocycles. The number of rotatable bonds is 4. The lowest BCUT2D eigenvalue weighted by molar-refractivity contribution is 0.0697. The minimum Gasteiger partial charge on any atom is -0.489 e. The molecule has 0 amide bonds. The molecule has 3 nitrogen and oxygen atoms in total. The van der Waals surface area contributed by atoms with Gasteiger partial charge in [-0.1, -0.05) is 6.07 Å². The van der Waals surface area contributed by atoms with E-state index in [1.807, 2.05) is 6.92 Å². The summed E-state index contributed by atoms with van der Waals surface area (Å²) in [7, 11) is 0. The number of carbonyl (C=O) groups is 1. The first-order valence-electron chi connectivity index (χ1n) is 5.77. The van der Waals surface area contributed by atoms with E-state index < -0.39 is 5.97 Å². The predicted octanol–water partition coefficient (Wildman–Crippen LogP) is 3.41. The quantitative estimate of drug-likeness (QED) is 0.916. The summed E-state index contributed by atoms with van der Waals surface area (Å²) >= 11 is 0. The van der Waals surface area contributed by atoms with Gasteiger partial charge in [-0.05, 0) is 54.4 Å². The standard InChI is InChI=1S/C15H13FO3/c1-10-8-13(16)5-2-12(10)9-19-14-6-3-11(4-7-14)15(17)18/h2-8H,9H2,1H3,(H,17,18). The number of hydrogen-bond donors (Lipinski definition) is 1. The van der Waals surface area contributed by atoms with Crippen molar-refractivity contribution >= 4 is 5.97 Å². The van der Waals surface area contributed by atoms with Crippen LogP contribution in [0.3, 0.4) is 0 Å². The maximum absolute atomic E-state index is 12.9. The average Bonchev–Trinajstić information content (AvgIpc) is 2.38. The summed E-state index contributed by atoms with van der Waals surface area (Å²) in [4.78, 5) is 10.7. The Kier molecular flexibility index (Phi) is 3.80. The van der Waals surface area contributed by atoms with E-state index in [1.54, 1.807) is 18.2 Å². The Balaban J connectivity index is 2.04. The minimum absolute atomic E-state index is 0.213. The average molecular weight is 260 g/mol. The van der Waals surface area contributed by atoms with Crippen LogP contribution >= 0.6 is 0 Å². The van der Waals surface area contributed by atoms with Gasteiger partial charge in [0.05, 0.1) is 5.56 Å². The molecule has 4 heteroatoms. The molecule has 0 radical (unpaired) electrons. The van der Waals surface area contributed by atoms with E-state index in [1.165, 1.54) is 24.3 Å². The summed E-state index contributed by atoms with van der Waals surface area (Å²) in [6.45, 7) is 2.13. The first-order valence-corrected chi connectivity index (χ1v) is 5.77. The van der Waals surface area contributed by atoms with Crippen molar-refractivity contribution in [3.05, 3.63) is 65.0 Å². The van der Waals surface area contributed by atoms with Gasteiger partial charge >= 0.3 is 5.97 Å². The molecule has 2 aromatic carbocycles. The van der Waals surface area contributed by atoms with Gasteiger partial charge in [-0.15, -0.1) is 0 Å². The third kappa shape index (κ3) is 3.31. The van der Waals surface area contributed by atoms with E-state index in [4.69, 9.17) is 9.84 Å². The van der Waals surface area contributed by atoms with Crippen molar-refractivity contribution in [3.63, 3.8) is 0 Å². The second-order valence-electron chi connectivity index (χ2n) is 4.19. The van der Waals surface area contributed by atoms with Gasteiger partial charge in [-0.2, -0.15) is 0 Å². The molecule has 0 aromatic heterocycles. The van der Waals surface area contributed by atoms with Crippen molar-refractivity contribution in [3.8, 4) is 5.75 Å². The zero-order valence-corrected chi connectivity index (χ0v) is 10.4. The number of aryl methyl sites for hydroxylation is 1. The third-order valence-corrected chi connectivity index (χ3v) is 2.80. The highest BCUT2D eigenvalue weighted by molar-refractivity contribution is 5.87. The largest absolute Gasteiger partial charge is 0.489 e. The lowest BCUT2D eigenvalue weighted by atomic mass is 10.1. The van der Waals surface area contributed by atoms with Gasteiger partial charge in [-0.3, -0.25) is 0 Å². The molecule has 19 heavy (non-hydrogen) atoms. The Morgan fingerprint density at radius 1 is 1.21 bits per heavy atom. The van der Waals surface area contributed by atoms with E-state index in [0.717, 1.165) is 11.1 Å². The van der Waals surface area contributed by atoms with Crippen LogP contribution in [0.1, 0.15) is 21.5 Å². The second-order valence-corrected chi connectivity index (χ2v) is 4.19. The molecule has 0 heterocycles. The Morgan fingerprint density at radius 3 is 2.47 bits per heavy atom. The molecule has 98 valence electrons. The fraction of sp³-hybridized carbons (Fsp3) is 0.133. The molecular formula is C15H13FO3. The molecule has 0 aliphatic carbocycles. The third-order valence-electron chi connectivity index (χ3n) is 2.80. The van der Waals surface area contributed by atoms with E-state index >= 15 is 0 Å². The lowest BCUT2D eigenvalue weighted by Gasteiger charge is -2.09. The van der Waals surface area contributed by atoms with E-state index in [0.29, 0.717) is 12.4 Å². The Hall–Kier alpha value is -2.36. The SMILES string of the molecule is Cc1cc(F)ccc1COc1ccc(C(=O)O)cc1. The summed E-state index contributed by atoms with van der Waals surface area (Å²) in [6.07, 6.45) is 0. The summed E-state index contributed by atoms with van der Waals surface area (Å²) in [5, 5.41) is 8.77. The first-order chi connectivity index (χ1) is 9.06. The molecule has 2 aromatic rings. The smallest absolute Gasteiger partial charge is 0.335 e. The first kappa shape index (κ1) is 13.1. The molecule has 0 spiro atoms. The monoisotopic (exact) mass is 260 g/mol. The normalized spacial score (nSPS) is 10.2. The van der Waals surface area contributed by atoms with Crippen LogP contribution in [0.25, 0.3) is 0 Å². The Bertz CT molecular complexity index is 591. The van der Waals surface area contributed by atoms with Crippen LogP contribution in [0.2, 0.25) is 0 Å². The van der Waals surface area contributed by atoms with Crippen molar-refractivity contribution in [2.45, 2.75) is 13.5 Å². The molecule has 2 rings (SSSR count). The highest BCUT2D eigenvalue weighted by Crippen LogP contribution is 2.16. The number of ether oxygens (including phenoxy) is 1. The minimum atomic E-state index is -0.971. The summed E-state index contributed by atoms with van der Waals surface area (Å²) in [5.74, 6) is -0.665. The van der Waals surface area contributed by atoms with Crippen LogP contribution in [-0.4, -0.2) is 11.1 Å². The highest BCUT2D eigenvalue weighted by Gasteiger charge is 2.04. The molecule has 0 saturated heterocycles. The molecule has 0 bridgehead atoms. The van der Waals surface area contributed by atoms with Crippen molar-refractivity contribution in [2.75, 3.05) is 0 Å². The van der Waals surface area contributed by atoms with E-state index in [9.17, 15) is 9.18 Å². The van der Waals surface area contributed by atoms with Gasteiger partial charge in [0.1, 0.15) is 18.2 Å². The highest BCUT2D eigenvalue weighted by atomic mass is 19.1. The second kappa shape index (κ2) is 5.52. The number of hydrogen-bond acceptors (Lipinski definition) is 2. The van der Waals surface area contributed by atoms with Crippen LogP contribution in [0, 0.1) is 12.7 Å². The van der Waals surface area contributed by atoms with Gasteiger partial charge in [0.2, 0.25) is 0 Å². The van der Waals surface area contributed by atoms with Crippen LogP contribution in [-0.2, 0) is 6.61 Å². The summed E-state index contributed by atoms with van der Waals surface area (Å²) < 4.78 is 18.5. The summed E-state index contributed by atoms with van der Waals surface area (Å²) in [5.41, 5.74) is 1.93. The van der Waals surface area contributed by atoms with Gasteiger partial charge in [-0.25, -0.2) is 9.18 Å². The lowest BCUT2D eigenvalue weighted by Crippen LogP contribution is -1.99. The van der Waals surface area contributed by atoms with Crippen molar-refractivity contribution in [1.82, 2.24) is 0 Å². The fourth-order valence-corrected chi connectivity index (χ4v) is 1.68. The number of benzene rings is 2. The summed E-state index contributed by atoms with van der Waals surface area (Å²) in [6, 6.07) is 10.7. The van der Waals surface area contributed by atoms with Gasteiger partial charge < -0.3 is 9.84 Å². The molecule has 1 N–H and O–H groups in total. The topological polar surface area (TPSA) is 46.5 Å². The Labute approximate surface area is 110 Å². The van der Waals surface area contributed by atoms with Crippen molar-refractivity contribution < 1.29 is 19.0 Å². The van der Waals surface area contributed by atoms with Gasteiger partial charge in [0.15, 0.2) is 0 Å². The van der Waals surface area contributed by atoms with Gasteiger partial charge in [0.25, 0.3) is 0 Å². The fourth-order valence-electron chi connectivity index (χ4n) is 1.68. The van der Waals surface area contributed by atoms with E-state index in [2.05, 4.69) is 0 Å². The predicted molar refractivity (Wildman–Crippen MR) is 68.9 cm³/mol. The molecular weight excluding hydrogens is 247 g/mol. The number of carboxylic acid groups (broad SMARTS) is 1. The molecule has 0 saturated carbocycles. The maximum atomic E-state index is 12.9. The maximum Gasteiger partial charge on any atom is 0.335 e. The van der Waals surface area contributed by atoms with Crippen LogP contribution in [0.4, 0.5) is 4.39 Å². The van der Waals surface area contributed by atoms with Crippen LogP contribution in [0.15, 0.2) is 42.5 Å². The van der Waals surface area contributed by atoms with E-state index in [-0.39, 0.29) is 11.4 Å². The number of aromatic carboxylic acids is 1. The van der Waals surface area contributed by atoms with Crippen molar-refractivity contribution in [2.24, 2.45) is 0 Å². The van der Waals surface area contributed by atoms with Crippen LogP contribution in [0.5, 0.6) is 5.75 Å². The van der Waals surface area contributed by atoms with Crippen molar-refractivity contribution in [1.29, 1.82) is 0 Å².